The Balaban J connectivity index is 0.000000629. The van der Waals surface area contributed by atoms with Crippen LogP contribution < -0.4 is 28.4 Å². The van der Waals surface area contributed by atoms with Crippen molar-refractivity contribution in [2.24, 2.45) is 0 Å². The second-order valence-corrected chi connectivity index (χ2v) is 22.2. The lowest BCUT2D eigenvalue weighted by Gasteiger charge is -2.07. The van der Waals surface area contributed by atoms with Crippen molar-refractivity contribution in [3.8, 4) is 80.5 Å². The monoisotopic (exact) mass is 1560 g/mol. The summed E-state index contributed by atoms with van der Waals surface area (Å²) < 4.78 is 33.5. The van der Waals surface area contributed by atoms with E-state index in [0.717, 1.165) is 6.29 Å². The molecule has 0 unspecified atom stereocenters. The molecule has 10 rings (SSSR count). The smallest absolute Gasteiger partial charge is 0.335 e. The zero-order valence-electron chi connectivity index (χ0n) is 62.8. The Bertz CT molecular complexity index is 4840. The van der Waals surface area contributed by atoms with Crippen LogP contribution in [-0.2, 0) is 23.9 Å². The first-order valence-corrected chi connectivity index (χ1v) is 32.1. The van der Waals surface area contributed by atoms with Gasteiger partial charge in [-0.1, -0.05) is 30.3 Å². The van der Waals surface area contributed by atoms with E-state index >= 15 is 0 Å². The summed E-state index contributed by atoms with van der Waals surface area (Å²) in [7, 11) is 9.89. The number of allylic oxidation sites excluding steroid dienone is 3. The Kier molecular flexibility index (Phi) is 42.0. The van der Waals surface area contributed by atoms with E-state index in [-0.39, 0.29) is 115 Å². The quantitative estimate of drug-likeness (QED) is 0.0174. The van der Waals surface area contributed by atoms with Crippen molar-refractivity contribution in [1.82, 2.24) is 0 Å². The van der Waals surface area contributed by atoms with E-state index in [1.54, 1.807) is 95.3 Å². The van der Waals surface area contributed by atoms with Gasteiger partial charge in [-0.2, -0.15) is 0 Å². The molecule has 1 aliphatic carbocycles. The van der Waals surface area contributed by atoms with Gasteiger partial charge in [0.25, 0.3) is 0 Å². The van der Waals surface area contributed by atoms with Gasteiger partial charge in [-0.05, 0) is 202 Å². The average molecular weight is 1560 g/mol. The fraction of sp³-hybridized carbons (Fsp3) is 0.146. The van der Waals surface area contributed by atoms with Crippen LogP contribution in [0.2, 0.25) is 0 Å². The Morgan fingerprint density at radius 2 is 0.673 bits per heavy atom. The first kappa shape index (κ1) is 95.7. The molecule has 0 saturated carbocycles. The molecule has 31 nitrogen and oxygen atoms in total. The molecule has 9 aromatic carbocycles. The van der Waals surface area contributed by atoms with Crippen LogP contribution in [-0.4, -0.2) is 183 Å². The standard InChI is InChI=1S/C10H10O4.C9H10O4.C9H10O3.C9H8O3.C8H8O4.2C8H8O3.C7H6O3.C7H8O2.C7H6O2/c1-6-3-7(8(12)5-11)4-9(14-2)10(6)13;1-5-3-6(9(11)12)4-7(13-2)8(5)10;1-6-3-7(5-10)4-8(12-2)9(6)11;1-6-4-7(9(12)5-10)2-3-8(6)11;1-12-7-4-5(8(10)11)2-3-6(7)9;1-5-3-6(9)4-7(11-2)8(5)10;1-11-8-4-6(5-9)2-3-7(8)10;8-6-3-1-5(2-4-6)7(9)10;1-9-7-5-3-2-4-6(7)8;8-7(9)6-4-2-1-3-5-6/h3-5,13H,1-2H3;3-4,10H,1-2H3,(H,11,12);3-5,11H,1-2H3;2-5,11H,1H3;2-4,9H,1H3,(H,10,11);3-4H,1-2H3;2-5,10H,1H3;1-4,8H,(H,9,10);2-5,8H,1H3;1-5H,(H,8,9). The van der Waals surface area contributed by atoms with Gasteiger partial charge in [0.15, 0.2) is 93.1 Å². The lowest BCUT2D eigenvalue weighted by Crippen LogP contribution is -2.13. The zero-order valence-corrected chi connectivity index (χ0v) is 62.8. The number of ketones is 4. The number of hydrogen-bond donors (Lipinski definition) is 12. The zero-order chi connectivity index (χ0) is 85.8. The van der Waals surface area contributed by atoms with Crippen molar-refractivity contribution in [3.63, 3.8) is 0 Å². The third kappa shape index (κ3) is 32.8. The number of hydrogen-bond acceptors (Lipinski definition) is 27. The second kappa shape index (κ2) is 49.5. The van der Waals surface area contributed by atoms with Gasteiger partial charge in [-0.15, -0.1) is 0 Å². The molecule has 0 amide bonds. The van der Waals surface area contributed by atoms with Gasteiger partial charge in [-0.3, -0.25) is 38.4 Å². The summed E-state index contributed by atoms with van der Waals surface area (Å²) in [6.07, 6.45) is 4.38. The average Bonchev–Trinajstić information content (AvgIpc) is 0.842. The number of carbonyl (C=O) groups is 12. The third-order valence-corrected chi connectivity index (χ3v) is 14.3. The van der Waals surface area contributed by atoms with E-state index in [2.05, 4.69) is 0 Å². The predicted molar refractivity (Wildman–Crippen MR) is 408 cm³/mol. The third-order valence-electron chi connectivity index (χ3n) is 14.3. The number of Topliss-reactive ketones (excluding diaryl/α,β-unsaturated/α-hetero) is 3. The van der Waals surface area contributed by atoms with Crippen molar-refractivity contribution in [2.45, 2.75) is 34.6 Å². The van der Waals surface area contributed by atoms with E-state index in [1.807, 2.05) is 0 Å². The summed E-state index contributed by atoms with van der Waals surface area (Å²) in [5.41, 5.74) is 4.83. The summed E-state index contributed by atoms with van der Waals surface area (Å²) in [5.74, 6) is -3.36. The number of benzene rings is 9. The number of methoxy groups -OCH3 is 7. The van der Waals surface area contributed by atoms with E-state index < -0.39 is 35.4 Å². The highest BCUT2D eigenvalue weighted by Gasteiger charge is 2.19. The maximum Gasteiger partial charge on any atom is 0.335 e. The van der Waals surface area contributed by atoms with Crippen molar-refractivity contribution >= 4 is 72.2 Å². The van der Waals surface area contributed by atoms with E-state index in [9.17, 15) is 72.9 Å². The minimum atomic E-state index is -1.05. The minimum absolute atomic E-state index is 0.0186. The van der Waals surface area contributed by atoms with Crippen LogP contribution in [0.4, 0.5) is 0 Å². The number of aldehydes is 4. The molecule has 9 aromatic rings. The molecular weight excluding hydrogens is 1480 g/mol. The molecule has 0 radical (unpaired) electrons. The predicted octanol–water partition coefficient (Wildman–Crippen LogP) is 11.9. The van der Waals surface area contributed by atoms with Crippen LogP contribution in [0.1, 0.15) is 112 Å². The van der Waals surface area contributed by atoms with Gasteiger partial charge in [0, 0.05) is 33.9 Å². The number of carboxylic acid groups (broad SMARTS) is 4. The molecule has 1 aliphatic rings. The minimum Gasteiger partial charge on any atom is -0.508 e. The second-order valence-electron chi connectivity index (χ2n) is 22.2. The number of phenols is 8. The molecule has 12 N–H and O–H groups in total. The Labute approximate surface area is 646 Å². The first-order chi connectivity index (χ1) is 53.4. The SMILES string of the molecule is COC1=CC(=O)C=C(C)C1=O.COc1cc(C(=O)C=O)cc(C)c1O.COc1cc(C(=O)O)cc(C)c1O.COc1cc(C(=O)O)ccc1O.COc1cc(C=O)cc(C)c1O.COc1cc(C=O)ccc1O.COc1ccccc1O.Cc1cc(C(=O)C=O)ccc1O.O=C(O)c1ccc(O)cc1.O=C(O)c1ccccc1. The normalized spacial score (nSPS) is 10.2. The van der Waals surface area contributed by atoms with Gasteiger partial charge < -0.3 is 94.4 Å². The molecule has 0 aliphatic heterocycles. The van der Waals surface area contributed by atoms with Crippen LogP contribution in [0.15, 0.2) is 193 Å². The summed E-state index contributed by atoms with van der Waals surface area (Å²) in [6.45, 7) is 8.21. The molecule has 0 spiro atoms. The van der Waals surface area contributed by atoms with Gasteiger partial charge in [0.1, 0.15) is 24.1 Å². The fourth-order valence-corrected chi connectivity index (χ4v) is 8.27. The lowest BCUT2D eigenvalue weighted by atomic mass is 10.0. The van der Waals surface area contributed by atoms with Crippen molar-refractivity contribution in [2.75, 3.05) is 49.8 Å². The highest BCUT2D eigenvalue weighted by molar-refractivity contribution is 6.33. The lowest BCUT2D eigenvalue weighted by molar-refractivity contribution is -0.117. The number of para-hydroxylation sites is 2. The molecule has 0 atom stereocenters. The van der Waals surface area contributed by atoms with Crippen molar-refractivity contribution in [3.05, 3.63) is 260 Å². The molecule has 0 bridgehead atoms. The number of aromatic carboxylic acids is 4. The molecule has 31 heteroatoms. The van der Waals surface area contributed by atoms with Gasteiger partial charge >= 0.3 is 23.9 Å². The molecule has 0 heterocycles. The summed E-state index contributed by atoms with van der Waals surface area (Å²) in [6, 6.07) is 41.6. The van der Waals surface area contributed by atoms with Crippen molar-refractivity contribution in [1.29, 1.82) is 0 Å². The maximum absolute atomic E-state index is 11.1. The molecule has 0 saturated heterocycles. The maximum atomic E-state index is 11.1. The van der Waals surface area contributed by atoms with E-state index in [0.29, 0.717) is 73.6 Å². The van der Waals surface area contributed by atoms with Crippen molar-refractivity contribution < 1.29 is 152 Å². The summed E-state index contributed by atoms with van der Waals surface area (Å²) in [5, 5.41) is 107. The number of carboxylic acids is 4. The van der Waals surface area contributed by atoms with E-state index in [1.165, 1.54) is 171 Å². The van der Waals surface area contributed by atoms with Gasteiger partial charge in [-0.25, -0.2) is 19.2 Å². The van der Waals surface area contributed by atoms with Crippen LogP contribution >= 0.6 is 0 Å². The number of rotatable bonds is 17. The highest BCUT2D eigenvalue weighted by Crippen LogP contribution is 2.34. The summed E-state index contributed by atoms with van der Waals surface area (Å²) >= 11 is 0. The molecule has 596 valence electrons. The molecule has 0 fully saturated rings. The first-order valence-electron chi connectivity index (χ1n) is 32.1. The number of phenolic OH excluding ortho intramolecular Hbond substituents is 8. The van der Waals surface area contributed by atoms with Gasteiger partial charge in [0.2, 0.25) is 17.3 Å². The Morgan fingerprint density at radius 1 is 0.310 bits per heavy atom. The molecular formula is C82H82O31. The number of ether oxygens (including phenoxy) is 7. The van der Waals surface area contributed by atoms with Crippen LogP contribution in [0, 0.1) is 27.7 Å². The molecule has 0 aromatic heterocycles. The summed E-state index contributed by atoms with van der Waals surface area (Å²) in [4.78, 5) is 126. The van der Waals surface area contributed by atoms with Crippen LogP contribution in [0.5, 0.6) is 80.5 Å². The van der Waals surface area contributed by atoms with Gasteiger partial charge in [0.05, 0.1) is 72.0 Å². The van der Waals surface area contributed by atoms with E-state index in [4.69, 9.17) is 79.1 Å². The number of carbonyl (C=O) groups excluding carboxylic acids is 8. The largest absolute Gasteiger partial charge is 0.508 e. The number of aryl methyl sites for hydroxylation is 4. The Morgan fingerprint density at radius 3 is 1.11 bits per heavy atom. The topological polar surface area (TPSA) is 512 Å². The fourth-order valence-electron chi connectivity index (χ4n) is 8.27. The Hall–Kier alpha value is -15.3. The highest BCUT2D eigenvalue weighted by atomic mass is 16.5. The number of aromatic hydroxyl groups is 8. The van der Waals surface area contributed by atoms with Crippen LogP contribution in [0.25, 0.3) is 0 Å². The van der Waals surface area contributed by atoms with Crippen LogP contribution in [0.3, 0.4) is 0 Å². The molecule has 113 heavy (non-hydrogen) atoms.